The SMILES string of the molecule is O=C(O)COCC1CCC(COC(=O)N(c2ccc(F)cc2)c2cccnc2)CC1. The average molecular weight is 416 g/mol. The number of carboxylic acid groups (broad SMARTS) is 1. The number of ether oxygens (including phenoxy) is 2. The molecule has 1 aliphatic carbocycles. The van der Waals surface area contributed by atoms with Gasteiger partial charge < -0.3 is 14.6 Å². The molecule has 160 valence electrons. The lowest BCUT2D eigenvalue weighted by atomic mass is 9.83. The summed E-state index contributed by atoms with van der Waals surface area (Å²) in [6.07, 6.45) is 6.21. The number of anilines is 2. The Labute approximate surface area is 174 Å². The highest BCUT2D eigenvalue weighted by atomic mass is 19.1. The predicted octanol–water partition coefficient (Wildman–Crippen LogP) is 4.40. The van der Waals surface area contributed by atoms with E-state index >= 15 is 0 Å². The molecule has 1 N–H and O–H groups in total. The van der Waals surface area contributed by atoms with Crippen LogP contribution < -0.4 is 4.90 Å². The van der Waals surface area contributed by atoms with Crippen molar-refractivity contribution in [2.75, 3.05) is 24.7 Å². The number of benzene rings is 1. The monoisotopic (exact) mass is 416 g/mol. The number of nitrogens with zero attached hydrogens (tertiary/aromatic N) is 2. The molecule has 8 heteroatoms. The molecule has 0 saturated heterocycles. The van der Waals surface area contributed by atoms with Crippen molar-refractivity contribution in [1.82, 2.24) is 4.98 Å². The highest BCUT2D eigenvalue weighted by Gasteiger charge is 2.25. The third-order valence-electron chi connectivity index (χ3n) is 5.16. The zero-order chi connectivity index (χ0) is 21.3. The maximum absolute atomic E-state index is 13.3. The van der Waals surface area contributed by atoms with Crippen molar-refractivity contribution in [1.29, 1.82) is 0 Å². The highest BCUT2D eigenvalue weighted by molar-refractivity contribution is 5.95. The first-order valence-electron chi connectivity index (χ1n) is 9.95. The smallest absolute Gasteiger partial charge is 0.419 e. The van der Waals surface area contributed by atoms with Crippen LogP contribution in [0.4, 0.5) is 20.6 Å². The van der Waals surface area contributed by atoms with E-state index in [1.807, 2.05) is 0 Å². The number of carbonyl (C=O) groups is 2. The summed E-state index contributed by atoms with van der Waals surface area (Å²) < 4.78 is 24.1. The fraction of sp³-hybridized carbons (Fsp3) is 0.409. The topological polar surface area (TPSA) is 89.0 Å². The number of aliphatic carboxylic acids is 1. The van der Waals surface area contributed by atoms with Gasteiger partial charge in [-0.05, 0) is 73.9 Å². The molecule has 7 nitrogen and oxygen atoms in total. The van der Waals surface area contributed by atoms with E-state index in [-0.39, 0.29) is 18.3 Å². The number of pyridine rings is 1. The first kappa shape index (κ1) is 21.7. The van der Waals surface area contributed by atoms with Gasteiger partial charge in [0.1, 0.15) is 12.4 Å². The van der Waals surface area contributed by atoms with Gasteiger partial charge in [0.05, 0.1) is 30.8 Å². The maximum Gasteiger partial charge on any atom is 0.419 e. The van der Waals surface area contributed by atoms with E-state index in [0.717, 1.165) is 25.7 Å². The van der Waals surface area contributed by atoms with Gasteiger partial charge in [0.25, 0.3) is 0 Å². The van der Waals surface area contributed by atoms with Gasteiger partial charge in [-0.3, -0.25) is 4.98 Å². The van der Waals surface area contributed by atoms with Crippen molar-refractivity contribution in [3.8, 4) is 0 Å². The predicted molar refractivity (Wildman–Crippen MR) is 108 cm³/mol. The first-order valence-corrected chi connectivity index (χ1v) is 9.95. The molecule has 1 saturated carbocycles. The van der Waals surface area contributed by atoms with Crippen molar-refractivity contribution >= 4 is 23.4 Å². The summed E-state index contributed by atoms with van der Waals surface area (Å²) in [4.78, 5) is 28.8. The summed E-state index contributed by atoms with van der Waals surface area (Å²) in [7, 11) is 0. The zero-order valence-electron chi connectivity index (χ0n) is 16.6. The summed E-state index contributed by atoms with van der Waals surface area (Å²) in [5.41, 5.74) is 1.03. The summed E-state index contributed by atoms with van der Waals surface area (Å²) >= 11 is 0. The normalized spacial score (nSPS) is 18.6. The molecule has 0 aliphatic heterocycles. The Hall–Kier alpha value is -3.00. The van der Waals surface area contributed by atoms with Crippen molar-refractivity contribution < 1.29 is 28.6 Å². The van der Waals surface area contributed by atoms with E-state index in [9.17, 15) is 14.0 Å². The molecular formula is C22H25FN2O5. The first-order chi connectivity index (χ1) is 14.5. The van der Waals surface area contributed by atoms with Gasteiger partial charge in [0, 0.05) is 6.20 Å². The number of rotatable bonds is 8. The molecule has 30 heavy (non-hydrogen) atoms. The molecule has 3 rings (SSSR count). The lowest BCUT2D eigenvalue weighted by Crippen LogP contribution is -2.30. The Balaban J connectivity index is 1.54. The Morgan fingerprint density at radius 2 is 1.70 bits per heavy atom. The van der Waals surface area contributed by atoms with Gasteiger partial charge in [-0.25, -0.2) is 18.9 Å². The average Bonchev–Trinajstić information content (AvgIpc) is 2.75. The quantitative estimate of drug-likeness (QED) is 0.686. The van der Waals surface area contributed by atoms with Crippen LogP contribution in [0.3, 0.4) is 0 Å². The molecule has 1 heterocycles. The zero-order valence-corrected chi connectivity index (χ0v) is 16.6. The third-order valence-corrected chi connectivity index (χ3v) is 5.16. The van der Waals surface area contributed by atoms with E-state index in [2.05, 4.69) is 4.98 Å². The van der Waals surface area contributed by atoms with Gasteiger partial charge in [-0.1, -0.05) is 0 Å². The van der Waals surface area contributed by atoms with Gasteiger partial charge in [0.2, 0.25) is 0 Å². The highest BCUT2D eigenvalue weighted by Crippen LogP contribution is 2.30. The molecule has 0 bridgehead atoms. The minimum absolute atomic E-state index is 0.244. The summed E-state index contributed by atoms with van der Waals surface area (Å²) in [5.74, 6) is -0.770. The molecule has 1 aliphatic rings. The number of hydrogen-bond acceptors (Lipinski definition) is 5. The van der Waals surface area contributed by atoms with Crippen LogP contribution >= 0.6 is 0 Å². The van der Waals surface area contributed by atoms with Gasteiger partial charge >= 0.3 is 12.1 Å². The molecule has 0 atom stereocenters. The number of carbonyl (C=O) groups excluding carboxylic acids is 1. The van der Waals surface area contributed by atoms with Crippen molar-refractivity contribution in [2.45, 2.75) is 25.7 Å². The van der Waals surface area contributed by atoms with Crippen molar-refractivity contribution in [3.63, 3.8) is 0 Å². The van der Waals surface area contributed by atoms with E-state index < -0.39 is 12.1 Å². The van der Waals surface area contributed by atoms with Crippen LogP contribution in [0.2, 0.25) is 0 Å². The molecule has 1 aromatic carbocycles. The Bertz CT molecular complexity index is 823. The molecular weight excluding hydrogens is 391 g/mol. The van der Waals surface area contributed by atoms with Crippen LogP contribution in [0.15, 0.2) is 48.8 Å². The maximum atomic E-state index is 13.3. The van der Waals surface area contributed by atoms with Crippen LogP contribution in [0.25, 0.3) is 0 Å². The summed E-state index contributed by atoms with van der Waals surface area (Å²) in [5, 5.41) is 8.63. The number of amides is 1. The molecule has 0 radical (unpaired) electrons. The Morgan fingerprint density at radius 3 is 2.30 bits per heavy atom. The van der Waals surface area contributed by atoms with Gasteiger partial charge in [-0.15, -0.1) is 0 Å². The second-order valence-electron chi connectivity index (χ2n) is 7.40. The standard InChI is InChI=1S/C22H25FN2O5/c23-18-7-9-19(10-8-18)25(20-2-1-11-24-12-20)22(28)30-14-17-5-3-16(4-6-17)13-29-15-21(26)27/h1-2,7-12,16-17H,3-6,13-15H2,(H,26,27). The second kappa shape index (κ2) is 10.7. The largest absolute Gasteiger partial charge is 0.480 e. The number of hydrogen-bond donors (Lipinski definition) is 1. The van der Waals surface area contributed by atoms with Crippen LogP contribution in [-0.2, 0) is 14.3 Å². The summed E-state index contributed by atoms with van der Waals surface area (Å²) in [6.45, 7) is 0.461. The Morgan fingerprint density at radius 1 is 1.03 bits per heavy atom. The Kier molecular flexibility index (Phi) is 7.73. The number of carboxylic acids is 1. The van der Waals surface area contributed by atoms with E-state index in [0.29, 0.717) is 30.5 Å². The third kappa shape index (κ3) is 6.25. The molecule has 0 spiro atoms. The number of aromatic nitrogens is 1. The summed E-state index contributed by atoms with van der Waals surface area (Å²) in [6, 6.07) is 9.07. The molecule has 0 unspecified atom stereocenters. The van der Waals surface area contributed by atoms with Gasteiger partial charge in [-0.2, -0.15) is 0 Å². The lowest BCUT2D eigenvalue weighted by Gasteiger charge is -2.29. The van der Waals surface area contributed by atoms with Crippen LogP contribution in [0.5, 0.6) is 0 Å². The van der Waals surface area contributed by atoms with Crippen molar-refractivity contribution in [2.24, 2.45) is 11.8 Å². The van der Waals surface area contributed by atoms with E-state index in [1.165, 1.54) is 29.2 Å². The minimum Gasteiger partial charge on any atom is -0.480 e. The molecule has 1 aromatic heterocycles. The van der Waals surface area contributed by atoms with Crippen molar-refractivity contribution in [3.05, 3.63) is 54.6 Å². The molecule has 2 aromatic rings. The molecule has 1 fully saturated rings. The van der Waals surface area contributed by atoms with Crippen LogP contribution in [-0.4, -0.2) is 42.0 Å². The fourth-order valence-corrected chi connectivity index (χ4v) is 3.57. The fourth-order valence-electron chi connectivity index (χ4n) is 3.57. The van der Waals surface area contributed by atoms with Crippen LogP contribution in [0.1, 0.15) is 25.7 Å². The van der Waals surface area contributed by atoms with E-state index in [1.54, 1.807) is 24.5 Å². The van der Waals surface area contributed by atoms with Crippen LogP contribution in [0, 0.1) is 17.7 Å². The van der Waals surface area contributed by atoms with E-state index in [4.69, 9.17) is 14.6 Å². The molecule has 1 amide bonds. The number of halogens is 1. The second-order valence-corrected chi connectivity index (χ2v) is 7.40. The minimum atomic E-state index is -0.963. The van der Waals surface area contributed by atoms with Gasteiger partial charge in [0.15, 0.2) is 0 Å². The lowest BCUT2D eigenvalue weighted by molar-refractivity contribution is -0.142.